The van der Waals surface area contributed by atoms with Gasteiger partial charge in [0.05, 0.1) is 11.3 Å². The Hall–Kier alpha value is -1.65. The van der Waals surface area contributed by atoms with Crippen molar-refractivity contribution in [3.05, 3.63) is 29.3 Å². The van der Waals surface area contributed by atoms with Gasteiger partial charge < -0.3 is 10.6 Å². The van der Waals surface area contributed by atoms with Gasteiger partial charge in [0.2, 0.25) is 0 Å². The average Bonchev–Trinajstić information content (AvgIpc) is 2.49. The first kappa shape index (κ1) is 14.3. The van der Waals surface area contributed by atoms with Crippen LogP contribution in [0.1, 0.15) is 48.9 Å². The zero-order valence-corrected chi connectivity index (χ0v) is 11.9. The van der Waals surface area contributed by atoms with Gasteiger partial charge in [-0.25, -0.2) is 8.78 Å². The summed E-state index contributed by atoms with van der Waals surface area (Å²) >= 11 is 0. The van der Waals surface area contributed by atoms with Gasteiger partial charge in [-0.05, 0) is 43.7 Å². The van der Waals surface area contributed by atoms with Gasteiger partial charge >= 0.3 is 0 Å². The van der Waals surface area contributed by atoms with Crippen LogP contribution < -0.4 is 5.73 Å². The highest BCUT2D eigenvalue weighted by Crippen LogP contribution is 2.36. The molecule has 5 heteroatoms. The minimum atomic E-state index is -0.806. The summed E-state index contributed by atoms with van der Waals surface area (Å²) in [6.07, 6.45) is 6.44. The monoisotopic (exact) mass is 294 g/mol. The van der Waals surface area contributed by atoms with E-state index in [2.05, 4.69) is 0 Å². The molecular weight excluding hydrogens is 274 g/mol. The van der Waals surface area contributed by atoms with Crippen molar-refractivity contribution in [1.82, 2.24) is 4.90 Å². The molecule has 1 saturated carbocycles. The molecule has 2 aliphatic rings. The summed E-state index contributed by atoms with van der Waals surface area (Å²) in [5.74, 6) is -1.39. The molecule has 0 spiro atoms. The molecule has 2 N–H and O–H groups in total. The molecule has 2 fully saturated rings. The third-order valence-corrected chi connectivity index (χ3v) is 4.80. The summed E-state index contributed by atoms with van der Waals surface area (Å²) in [5, 5.41) is 0. The Bertz CT molecular complexity index is 559. The minimum absolute atomic E-state index is 0.170. The summed E-state index contributed by atoms with van der Waals surface area (Å²) in [6.45, 7) is 0.621. The average molecular weight is 294 g/mol. The molecule has 2 atom stereocenters. The summed E-state index contributed by atoms with van der Waals surface area (Å²) < 4.78 is 27.5. The van der Waals surface area contributed by atoms with Gasteiger partial charge in [0.25, 0.3) is 5.91 Å². The standard InChI is InChI=1S/C16H20F2N2O/c17-11-8-12(15(18)13(19)9-11)16(21)20-7-3-5-10-4-1-2-6-14(10)20/h8-10,14H,1-7,19H2/t10-,14-/m1/s1. The summed E-state index contributed by atoms with van der Waals surface area (Å²) in [7, 11) is 0. The van der Waals surface area contributed by atoms with Crippen LogP contribution in [-0.4, -0.2) is 23.4 Å². The van der Waals surface area contributed by atoms with E-state index in [1.807, 2.05) is 0 Å². The van der Waals surface area contributed by atoms with E-state index in [-0.39, 0.29) is 17.3 Å². The number of nitrogens with zero attached hydrogens (tertiary/aromatic N) is 1. The van der Waals surface area contributed by atoms with Crippen LogP contribution in [0.4, 0.5) is 14.5 Å². The van der Waals surface area contributed by atoms with Gasteiger partial charge in [0.1, 0.15) is 5.82 Å². The van der Waals surface area contributed by atoms with E-state index in [4.69, 9.17) is 5.73 Å². The maximum atomic E-state index is 14.1. The van der Waals surface area contributed by atoms with Crippen molar-refractivity contribution < 1.29 is 13.6 Å². The lowest BCUT2D eigenvalue weighted by Crippen LogP contribution is -2.49. The molecule has 1 aliphatic carbocycles. The largest absolute Gasteiger partial charge is 0.396 e. The Balaban J connectivity index is 1.90. The topological polar surface area (TPSA) is 46.3 Å². The first-order valence-electron chi connectivity index (χ1n) is 7.63. The molecule has 0 bridgehead atoms. The van der Waals surface area contributed by atoms with Crippen LogP contribution in [0.5, 0.6) is 0 Å². The molecule has 1 saturated heterocycles. The summed E-state index contributed by atoms with van der Waals surface area (Å²) in [4.78, 5) is 14.4. The lowest BCUT2D eigenvalue weighted by molar-refractivity contribution is 0.0386. The predicted octanol–water partition coefficient (Wildman–Crippen LogP) is 3.34. The Labute approximate surface area is 123 Å². The molecule has 1 aromatic rings. The van der Waals surface area contributed by atoms with Crippen molar-refractivity contribution in [2.75, 3.05) is 12.3 Å². The number of halogens is 2. The van der Waals surface area contributed by atoms with Crippen molar-refractivity contribution in [3.63, 3.8) is 0 Å². The quantitative estimate of drug-likeness (QED) is 0.807. The van der Waals surface area contributed by atoms with Crippen molar-refractivity contribution in [2.45, 2.75) is 44.6 Å². The lowest BCUT2D eigenvalue weighted by atomic mass is 9.78. The summed E-state index contributed by atoms with van der Waals surface area (Å²) in [5.41, 5.74) is 4.89. The predicted molar refractivity (Wildman–Crippen MR) is 76.8 cm³/mol. The van der Waals surface area contributed by atoms with Crippen LogP contribution in [0.25, 0.3) is 0 Å². The van der Waals surface area contributed by atoms with Gasteiger partial charge in [-0.1, -0.05) is 12.8 Å². The normalized spacial score (nSPS) is 25.5. The van der Waals surface area contributed by atoms with E-state index in [1.165, 1.54) is 6.42 Å². The number of amides is 1. The van der Waals surface area contributed by atoms with Crippen LogP contribution in [0.2, 0.25) is 0 Å². The highest BCUT2D eigenvalue weighted by Gasteiger charge is 2.36. The van der Waals surface area contributed by atoms with E-state index >= 15 is 0 Å². The molecule has 1 amide bonds. The number of likely N-dealkylation sites (tertiary alicyclic amines) is 1. The van der Waals surface area contributed by atoms with E-state index in [0.717, 1.165) is 44.2 Å². The number of benzene rings is 1. The van der Waals surface area contributed by atoms with Crippen LogP contribution in [-0.2, 0) is 0 Å². The molecule has 0 aromatic heterocycles. The maximum Gasteiger partial charge on any atom is 0.257 e. The molecule has 0 unspecified atom stereocenters. The third-order valence-electron chi connectivity index (χ3n) is 4.80. The van der Waals surface area contributed by atoms with E-state index in [9.17, 15) is 13.6 Å². The highest BCUT2D eigenvalue weighted by atomic mass is 19.1. The second-order valence-electron chi connectivity index (χ2n) is 6.11. The van der Waals surface area contributed by atoms with Gasteiger partial charge in [0, 0.05) is 12.6 Å². The van der Waals surface area contributed by atoms with Crippen LogP contribution >= 0.6 is 0 Å². The Morgan fingerprint density at radius 3 is 2.67 bits per heavy atom. The van der Waals surface area contributed by atoms with Crippen LogP contribution in [0.3, 0.4) is 0 Å². The number of carbonyl (C=O) groups excluding carboxylic acids is 1. The first-order chi connectivity index (χ1) is 10.1. The number of nitrogen functional groups attached to an aromatic ring is 1. The molecule has 21 heavy (non-hydrogen) atoms. The van der Waals surface area contributed by atoms with E-state index in [0.29, 0.717) is 12.5 Å². The van der Waals surface area contributed by atoms with Crippen LogP contribution in [0.15, 0.2) is 12.1 Å². The van der Waals surface area contributed by atoms with Crippen molar-refractivity contribution >= 4 is 11.6 Å². The number of carbonyl (C=O) groups is 1. The maximum absolute atomic E-state index is 14.1. The molecule has 1 aliphatic heterocycles. The molecule has 3 nitrogen and oxygen atoms in total. The second kappa shape index (κ2) is 5.62. The molecular formula is C16H20F2N2O. The molecule has 1 aromatic carbocycles. The fourth-order valence-electron chi connectivity index (χ4n) is 3.80. The number of anilines is 1. The smallest absolute Gasteiger partial charge is 0.257 e. The zero-order chi connectivity index (χ0) is 15.0. The number of nitrogens with two attached hydrogens (primary N) is 1. The number of rotatable bonds is 1. The second-order valence-corrected chi connectivity index (χ2v) is 6.11. The highest BCUT2D eigenvalue weighted by molar-refractivity contribution is 5.95. The Morgan fingerprint density at radius 1 is 1.14 bits per heavy atom. The number of piperidine rings is 1. The Morgan fingerprint density at radius 2 is 1.86 bits per heavy atom. The zero-order valence-electron chi connectivity index (χ0n) is 11.9. The number of hydrogen-bond acceptors (Lipinski definition) is 2. The fraction of sp³-hybridized carbons (Fsp3) is 0.562. The van der Waals surface area contributed by atoms with Gasteiger partial charge in [-0.3, -0.25) is 4.79 Å². The lowest BCUT2D eigenvalue weighted by Gasteiger charge is -2.44. The molecule has 0 radical (unpaired) electrons. The van der Waals surface area contributed by atoms with Gasteiger partial charge in [-0.2, -0.15) is 0 Å². The number of hydrogen-bond donors (Lipinski definition) is 1. The van der Waals surface area contributed by atoms with Gasteiger partial charge in [0.15, 0.2) is 5.82 Å². The molecule has 114 valence electrons. The van der Waals surface area contributed by atoms with Crippen LogP contribution in [0, 0.1) is 17.6 Å². The van der Waals surface area contributed by atoms with E-state index in [1.54, 1.807) is 4.90 Å². The summed E-state index contributed by atoms with van der Waals surface area (Å²) in [6, 6.07) is 2.04. The molecule has 3 rings (SSSR count). The van der Waals surface area contributed by atoms with E-state index < -0.39 is 17.5 Å². The minimum Gasteiger partial charge on any atom is -0.396 e. The first-order valence-corrected chi connectivity index (χ1v) is 7.63. The molecule has 1 heterocycles. The SMILES string of the molecule is Nc1cc(F)cc(C(=O)N2CCC[C@H]3CCCC[C@H]32)c1F. The van der Waals surface area contributed by atoms with Crippen molar-refractivity contribution in [3.8, 4) is 0 Å². The van der Waals surface area contributed by atoms with Crippen molar-refractivity contribution in [2.24, 2.45) is 5.92 Å². The van der Waals surface area contributed by atoms with Gasteiger partial charge in [-0.15, -0.1) is 0 Å². The third kappa shape index (κ3) is 2.61. The van der Waals surface area contributed by atoms with Crippen molar-refractivity contribution in [1.29, 1.82) is 0 Å². The number of fused-ring (bicyclic) bond motifs is 1. The Kier molecular flexibility index (Phi) is 3.83. The fourth-order valence-corrected chi connectivity index (χ4v) is 3.80.